The van der Waals surface area contributed by atoms with Crippen molar-refractivity contribution >= 4 is 0 Å². The van der Waals surface area contributed by atoms with Gasteiger partial charge in [0.25, 0.3) is 5.56 Å². The zero-order valence-corrected chi connectivity index (χ0v) is 10.6. The molecule has 0 spiro atoms. The molecular formula is C12H17N5O. The van der Waals surface area contributed by atoms with E-state index < -0.39 is 0 Å². The minimum atomic E-state index is -0.0710. The zero-order valence-electron chi connectivity index (χ0n) is 10.6. The molecule has 2 heterocycles. The highest BCUT2D eigenvalue weighted by Crippen LogP contribution is 2.06. The largest absolute Gasteiger partial charge is 0.326 e. The number of nitrogens with zero attached hydrogens (tertiary/aromatic N) is 4. The Bertz CT molecular complexity index is 584. The predicted octanol–water partition coefficient (Wildman–Crippen LogP) is 0.528. The van der Waals surface area contributed by atoms with Crippen LogP contribution in [0.1, 0.15) is 31.3 Å². The molecule has 0 saturated heterocycles. The van der Waals surface area contributed by atoms with Gasteiger partial charge in [-0.05, 0) is 19.9 Å². The molecule has 0 radical (unpaired) electrons. The Morgan fingerprint density at radius 1 is 1.44 bits per heavy atom. The molecule has 0 aliphatic carbocycles. The normalized spacial score (nSPS) is 11.1. The number of hydrogen-bond donors (Lipinski definition) is 1. The molecule has 0 amide bonds. The molecule has 18 heavy (non-hydrogen) atoms. The standard InChI is InChI=1S/C12H17N5O/c1-9(2)17-11(14-8-15-17)7-16-5-3-4-10(6-13)12(16)18/h3-5,8-9H,6-7,13H2,1-2H3. The average Bonchev–Trinajstić information content (AvgIpc) is 2.80. The lowest BCUT2D eigenvalue weighted by molar-refractivity contribution is 0.493. The minimum absolute atomic E-state index is 0.0710. The molecule has 0 unspecified atom stereocenters. The highest BCUT2D eigenvalue weighted by molar-refractivity contribution is 5.10. The summed E-state index contributed by atoms with van der Waals surface area (Å²) in [5.41, 5.74) is 6.06. The number of aromatic nitrogens is 4. The lowest BCUT2D eigenvalue weighted by Crippen LogP contribution is -2.26. The van der Waals surface area contributed by atoms with Crippen LogP contribution in [0.25, 0.3) is 0 Å². The predicted molar refractivity (Wildman–Crippen MR) is 68.1 cm³/mol. The van der Waals surface area contributed by atoms with Gasteiger partial charge < -0.3 is 10.3 Å². The topological polar surface area (TPSA) is 78.7 Å². The summed E-state index contributed by atoms with van der Waals surface area (Å²) in [6.07, 6.45) is 3.24. The van der Waals surface area contributed by atoms with Crippen molar-refractivity contribution in [2.75, 3.05) is 0 Å². The summed E-state index contributed by atoms with van der Waals surface area (Å²) in [6, 6.07) is 3.78. The number of rotatable bonds is 4. The average molecular weight is 247 g/mol. The first kappa shape index (κ1) is 12.5. The van der Waals surface area contributed by atoms with Gasteiger partial charge in [-0.1, -0.05) is 6.07 Å². The third-order valence-electron chi connectivity index (χ3n) is 2.77. The van der Waals surface area contributed by atoms with Crippen LogP contribution in [0.15, 0.2) is 29.5 Å². The van der Waals surface area contributed by atoms with E-state index in [4.69, 9.17) is 5.73 Å². The van der Waals surface area contributed by atoms with Crippen molar-refractivity contribution in [1.82, 2.24) is 19.3 Å². The van der Waals surface area contributed by atoms with Crippen LogP contribution in [-0.2, 0) is 13.1 Å². The van der Waals surface area contributed by atoms with Gasteiger partial charge in [-0.2, -0.15) is 5.10 Å². The van der Waals surface area contributed by atoms with Gasteiger partial charge in [-0.3, -0.25) is 4.79 Å². The van der Waals surface area contributed by atoms with Crippen molar-refractivity contribution < 1.29 is 0 Å². The second-order valence-electron chi connectivity index (χ2n) is 4.39. The Hall–Kier alpha value is -1.95. The fourth-order valence-electron chi connectivity index (χ4n) is 1.84. The Labute approximate surface area is 105 Å². The number of hydrogen-bond acceptors (Lipinski definition) is 4. The van der Waals surface area contributed by atoms with E-state index in [0.29, 0.717) is 12.1 Å². The molecular weight excluding hydrogens is 230 g/mol. The summed E-state index contributed by atoms with van der Waals surface area (Å²) in [6.45, 7) is 4.70. The van der Waals surface area contributed by atoms with Crippen molar-refractivity contribution in [2.45, 2.75) is 33.0 Å². The molecule has 0 bridgehead atoms. The third-order valence-corrected chi connectivity index (χ3v) is 2.77. The molecule has 0 aliphatic rings. The smallest absolute Gasteiger partial charge is 0.255 e. The van der Waals surface area contributed by atoms with Crippen LogP contribution in [0.2, 0.25) is 0 Å². The third kappa shape index (κ3) is 2.33. The summed E-state index contributed by atoms with van der Waals surface area (Å²) < 4.78 is 3.41. The Morgan fingerprint density at radius 2 is 2.22 bits per heavy atom. The molecule has 0 aliphatic heterocycles. The van der Waals surface area contributed by atoms with Crippen LogP contribution >= 0.6 is 0 Å². The van der Waals surface area contributed by atoms with E-state index in [0.717, 1.165) is 5.82 Å². The Kier molecular flexibility index (Phi) is 3.57. The first-order valence-electron chi connectivity index (χ1n) is 5.90. The fourth-order valence-corrected chi connectivity index (χ4v) is 1.84. The fraction of sp³-hybridized carbons (Fsp3) is 0.417. The van der Waals surface area contributed by atoms with E-state index in [1.54, 1.807) is 16.8 Å². The summed E-state index contributed by atoms with van der Waals surface area (Å²) in [5, 5.41) is 4.15. The van der Waals surface area contributed by atoms with E-state index in [1.807, 2.05) is 24.6 Å². The highest BCUT2D eigenvalue weighted by atomic mass is 16.1. The van der Waals surface area contributed by atoms with Gasteiger partial charge >= 0.3 is 0 Å². The van der Waals surface area contributed by atoms with Crippen molar-refractivity contribution in [2.24, 2.45) is 5.73 Å². The van der Waals surface area contributed by atoms with Crippen molar-refractivity contribution in [1.29, 1.82) is 0 Å². The number of pyridine rings is 1. The van der Waals surface area contributed by atoms with Gasteiger partial charge in [0.1, 0.15) is 12.2 Å². The molecule has 6 nitrogen and oxygen atoms in total. The van der Waals surface area contributed by atoms with E-state index >= 15 is 0 Å². The van der Waals surface area contributed by atoms with Gasteiger partial charge in [0.15, 0.2) is 0 Å². The van der Waals surface area contributed by atoms with E-state index in [-0.39, 0.29) is 18.1 Å². The molecule has 2 aromatic heterocycles. The van der Waals surface area contributed by atoms with Crippen molar-refractivity contribution in [3.05, 3.63) is 46.4 Å². The van der Waals surface area contributed by atoms with E-state index in [9.17, 15) is 4.79 Å². The molecule has 96 valence electrons. The van der Waals surface area contributed by atoms with Gasteiger partial charge in [0, 0.05) is 24.3 Å². The van der Waals surface area contributed by atoms with Crippen LogP contribution in [0.3, 0.4) is 0 Å². The summed E-state index contributed by atoms with van der Waals surface area (Å²) >= 11 is 0. The van der Waals surface area contributed by atoms with Crippen molar-refractivity contribution in [3.63, 3.8) is 0 Å². The first-order chi connectivity index (χ1) is 8.63. The van der Waals surface area contributed by atoms with Crippen LogP contribution in [0.5, 0.6) is 0 Å². The van der Waals surface area contributed by atoms with Gasteiger partial charge in [0.2, 0.25) is 0 Å². The van der Waals surface area contributed by atoms with Gasteiger partial charge in [-0.15, -0.1) is 0 Å². The highest BCUT2D eigenvalue weighted by Gasteiger charge is 2.09. The van der Waals surface area contributed by atoms with Crippen LogP contribution in [-0.4, -0.2) is 19.3 Å². The van der Waals surface area contributed by atoms with Gasteiger partial charge in [0.05, 0.1) is 6.54 Å². The van der Waals surface area contributed by atoms with Crippen LogP contribution in [0, 0.1) is 0 Å². The Morgan fingerprint density at radius 3 is 2.89 bits per heavy atom. The summed E-state index contributed by atoms with van der Waals surface area (Å²) in [7, 11) is 0. The lowest BCUT2D eigenvalue weighted by Gasteiger charge is -2.11. The SMILES string of the molecule is CC(C)n1ncnc1Cn1cccc(CN)c1=O. The molecule has 6 heteroatoms. The lowest BCUT2D eigenvalue weighted by atomic mass is 10.3. The molecule has 0 saturated carbocycles. The maximum Gasteiger partial charge on any atom is 0.255 e. The minimum Gasteiger partial charge on any atom is -0.326 e. The molecule has 2 aromatic rings. The maximum atomic E-state index is 12.0. The molecule has 2 N–H and O–H groups in total. The van der Waals surface area contributed by atoms with Gasteiger partial charge in [-0.25, -0.2) is 9.67 Å². The number of nitrogens with two attached hydrogens (primary N) is 1. The molecule has 2 rings (SSSR count). The summed E-state index contributed by atoms with van der Waals surface area (Å²) in [5.74, 6) is 0.765. The molecule has 0 fully saturated rings. The second kappa shape index (κ2) is 5.14. The maximum absolute atomic E-state index is 12.0. The molecule has 0 aromatic carbocycles. The molecule has 0 atom stereocenters. The van der Waals surface area contributed by atoms with Crippen LogP contribution < -0.4 is 11.3 Å². The zero-order chi connectivity index (χ0) is 13.1. The monoisotopic (exact) mass is 247 g/mol. The Balaban J connectivity index is 2.35. The van der Waals surface area contributed by atoms with E-state index in [1.165, 1.54) is 6.33 Å². The van der Waals surface area contributed by atoms with Crippen LogP contribution in [0.4, 0.5) is 0 Å². The summed E-state index contributed by atoms with van der Waals surface area (Å²) in [4.78, 5) is 16.2. The quantitative estimate of drug-likeness (QED) is 0.854. The van der Waals surface area contributed by atoms with Crippen molar-refractivity contribution in [3.8, 4) is 0 Å². The first-order valence-corrected chi connectivity index (χ1v) is 5.90. The second-order valence-corrected chi connectivity index (χ2v) is 4.39. The van der Waals surface area contributed by atoms with E-state index in [2.05, 4.69) is 10.1 Å².